The molecule has 0 aliphatic carbocycles. The van der Waals surface area contributed by atoms with Gasteiger partial charge in [-0.2, -0.15) is 5.10 Å². The van der Waals surface area contributed by atoms with Crippen LogP contribution >= 0.6 is 0 Å². The van der Waals surface area contributed by atoms with Crippen LogP contribution in [0.15, 0.2) is 24.3 Å². The first kappa shape index (κ1) is 19.9. The summed E-state index contributed by atoms with van der Waals surface area (Å²) in [6.07, 6.45) is 1.61. The minimum absolute atomic E-state index is 0.199. The van der Waals surface area contributed by atoms with Crippen molar-refractivity contribution >= 4 is 27.6 Å². The summed E-state index contributed by atoms with van der Waals surface area (Å²) >= 11 is 0. The van der Waals surface area contributed by atoms with Gasteiger partial charge in [-0.25, -0.2) is 13.2 Å². The maximum absolute atomic E-state index is 12.9. The summed E-state index contributed by atoms with van der Waals surface area (Å²) in [5.41, 5.74) is 2.68. The minimum atomic E-state index is -3.38. The second kappa shape index (κ2) is 7.63. The fraction of sp³-hybridized carbons (Fsp3) is 0.389. The van der Waals surface area contributed by atoms with Crippen molar-refractivity contribution < 1.29 is 22.7 Å². The second-order valence-electron chi connectivity index (χ2n) is 6.55. The number of anilines is 1. The van der Waals surface area contributed by atoms with E-state index in [4.69, 9.17) is 4.74 Å². The molecule has 9 nitrogen and oxygen atoms in total. The molecule has 1 amide bonds. The maximum Gasteiger partial charge on any atom is 0.356 e. The number of aryl methyl sites for hydroxylation is 1. The van der Waals surface area contributed by atoms with Crippen molar-refractivity contribution in [2.75, 3.05) is 24.1 Å². The summed E-state index contributed by atoms with van der Waals surface area (Å²) in [6.45, 7) is 2.74. The van der Waals surface area contributed by atoms with E-state index < -0.39 is 16.0 Å². The van der Waals surface area contributed by atoms with Gasteiger partial charge in [-0.1, -0.05) is 0 Å². The zero-order chi connectivity index (χ0) is 20.5. The summed E-state index contributed by atoms with van der Waals surface area (Å²) in [7, 11) is -1.69. The van der Waals surface area contributed by atoms with Gasteiger partial charge in [0.05, 0.1) is 25.1 Å². The number of ether oxygens (including phenoxy) is 1. The standard InChI is InChI=1S/C18H22N4O5S/c1-4-27-18(24)16-14-11-22(10-9-15(14)19-21(16)2)17(23)12-5-7-13(8-6-12)20-28(3,25)26/h5-8,20H,4,9-11H2,1-3H3. The summed E-state index contributed by atoms with van der Waals surface area (Å²) in [6, 6.07) is 6.22. The smallest absolute Gasteiger partial charge is 0.356 e. The van der Waals surface area contributed by atoms with Crippen molar-refractivity contribution in [1.29, 1.82) is 0 Å². The van der Waals surface area contributed by atoms with Crippen LogP contribution in [0.4, 0.5) is 5.69 Å². The average Bonchev–Trinajstić information content (AvgIpc) is 2.95. The van der Waals surface area contributed by atoms with Crippen LogP contribution in [0.2, 0.25) is 0 Å². The molecule has 3 rings (SSSR count). The van der Waals surface area contributed by atoms with Crippen molar-refractivity contribution in [1.82, 2.24) is 14.7 Å². The molecule has 2 heterocycles. The van der Waals surface area contributed by atoms with Crippen molar-refractivity contribution in [3.63, 3.8) is 0 Å². The number of esters is 1. The number of benzene rings is 1. The highest BCUT2D eigenvalue weighted by Gasteiger charge is 2.30. The van der Waals surface area contributed by atoms with Crippen molar-refractivity contribution in [3.05, 3.63) is 46.8 Å². The normalized spacial score (nSPS) is 13.8. The number of sulfonamides is 1. The number of carbonyl (C=O) groups is 2. The van der Waals surface area contributed by atoms with Crippen molar-refractivity contribution in [2.24, 2.45) is 7.05 Å². The van der Waals surface area contributed by atoms with Gasteiger partial charge >= 0.3 is 5.97 Å². The number of nitrogens with one attached hydrogen (secondary N) is 1. The molecule has 10 heteroatoms. The minimum Gasteiger partial charge on any atom is -0.461 e. The molecule has 0 unspecified atom stereocenters. The van der Waals surface area contributed by atoms with E-state index in [1.54, 1.807) is 31.0 Å². The number of fused-ring (bicyclic) bond motifs is 1. The topological polar surface area (TPSA) is 111 Å². The third-order valence-electron chi connectivity index (χ3n) is 4.39. The SMILES string of the molecule is CCOC(=O)c1c2c(nn1C)CCN(C(=O)c1ccc(NS(C)(=O)=O)cc1)C2. The van der Waals surface area contributed by atoms with E-state index in [1.165, 1.54) is 16.8 Å². The van der Waals surface area contributed by atoms with Gasteiger partial charge in [0.15, 0.2) is 5.69 Å². The van der Waals surface area contributed by atoms with Gasteiger partial charge in [-0.3, -0.25) is 14.2 Å². The van der Waals surface area contributed by atoms with E-state index in [0.29, 0.717) is 35.5 Å². The van der Waals surface area contributed by atoms with Gasteiger partial charge in [-0.05, 0) is 31.2 Å². The highest BCUT2D eigenvalue weighted by molar-refractivity contribution is 7.92. The van der Waals surface area contributed by atoms with Crippen LogP contribution in [0.25, 0.3) is 0 Å². The lowest BCUT2D eigenvalue weighted by Crippen LogP contribution is -2.36. The Morgan fingerprint density at radius 3 is 2.54 bits per heavy atom. The fourth-order valence-electron chi connectivity index (χ4n) is 3.21. The molecule has 1 aliphatic rings. The second-order valence-corrected chi connectivity index (χ2v) is 8.29. The molecule has 150 valence electrons. The molecule has 1 aromatic carbocycles. The van der Waals surface area contributed by atoms with Crippen LogP contribution in [0.1, 0.15) is 39.0 Å². The Kier molecular flexibility index (Phi) is 5.41. The van der Waals surface area contributed by atoms with E-state index in [-0.39, 0.29) is 19.1 Å². The molecule has 0 spiro atoms. The average molecular weight is 406 g/mol. The first-order chi connectivity index (χ1) is 13.2. The van der Waals surface area contributed by atoms with E-state index in [1.807, 2.05) is 0 Å². The molecule has 0 radical (unpaired) electrons. The van der Waals surface area contributed by atoms with Gasteiger partial charge in [-0.15, -0.1) is 0 Å². The van der Waals surface area contributed by atoms with Crippen LogP contribution in [0.5, 0.6) is 0 Å². The van der Waals surface area contributed by atoms with Gasteiger partial charge in [0.25, 0.3) is 5.91 Å². The summed E-state index contributed by atoms with van der Waals surface area (Å²) in [5, 5.41) is 4.38. The maximum atomic E-state index is 12.9. The summed E-state index contributed by atoms with van der Waals surface area (Å²) < 4.78 is 31.5. The van der Waals surface area contributed by atoms with Crippen LogP contribution < -0.4 is 4.72 Å². The number of amides is 1. The van der Waals surface area contributed by atoms with Gasteiger partial charge in [0.2, 0.25) is 10.0 Å². The number of nitrogens with zero attached hydrogens (tertiary/aromatic N) is 3. The zero-order valence-corrected chi connectivity index (χ0v) is 16.7. The third-order valence-corrected chi connectivity index (χ3v) is 4.99. The van der Waals surface area contributed by atoms with Gasteiger partial charge in [0, 0.05) is 36.8 Å². The lowest BCUT2D eigenvalue weighted by Gasteiger charge is -2.27. The Balaban J connectivity index is 1.80. The molecule has 0 bridgehead atoms. The number of carbonyl (C=O) groups excluding carboxylic acids is 2. The summed E-state index contributed by atoms with van der Waals surface area (Å²) in [5.74, 6) is -0.653. The highest BCUT2D eigenvalue weighted by Crippen LogP contribution is 2.24. The molecule has 0 saturated carbocycles. The van der Waals surface area contributed by atoms with E-state index in [0.717, 1.165) is 11.9 Å². The lowest BCUT2D eigenvalue weighted by atomic mass is 10.0. The molecular formula is C18H22N4O5S. The Hall–Kier alpha value is -2.88. The van der Waals surface area contributed by atoms with Crippen LogP contribution in [0, 0.1) is 0 Å². The molecule has 2 aromatic rings. The number of hydrogen-bond acceptors (Lipinski definition) is 6. The van der Waals surface area contributed by atoms with Crippen LogP contribution in [-0.4, -0.2) is 54.4 Å². The Labute approximate surface area is 163 Å². The van der Waals surface area contributed by atoms with Crippen LogP contribution in [-0.2, 0) is 34.8 Å². The number of hydrogen-bond donors (Lipinski definition) is 1. The lowest BCUT2D eigenvalue weighted by molar-refractivity contribution is 0.0508. The van der Waals surface area contributed by atoms with E-state index in [9.17, 15) is 18.0 Å². The quantitative estimate of drug-likeness (QED) is 0.746. The molecule has 1 aromatic heterocycles. The molecule has 1 aliphatic heterocycles. The number of rotatable bonds is 5. The van der Waals surface area contributed by atoms with Gasteiger partial charge in [0.1, 0.15) is 0 Å². The molecule has 28 heavy (non-hydrogen) atoms. The largest absolute Gasteiger partial charge is 0.461 e. The first-order valence-corrected chi connectivity index (χ1v) is 10.7. The Bertz CT molecular complexity index is 1010. The Morgan fingerprint density at radius 2 is 1.93 bits per heavy atom. The summed E-state index contributed by atoms with van der Waals surface area (Å²) in [4.78, 5) is 26.8. The van der Waals surface area contributed by atoms with Gasteiger partial charge < -0.3 is 9.64 Å². The monoisotopic (exact) mass is 406 g/mol. The van der Waals surface area contributed by atoms with E-state index in [2.05, 4.69) is 9.82 Å². The van der Waals surface area contributed by atoms with E-state index >= 15 is 0 Å². The predicted octanol–water partition coefficient (Wildman–Crippen LogP) is 1.17. The molecule has 0 saturated heterocycles. The fourth-order valence-corrected chi connectivity index (χ4v) is 3.77. The van der Waals surface area contributed by atoms with Crippen molar-refractivity contribution in [3.8, 4) is 0 Å². The zero-order valence-electron chi connectivity index (χ0n) is 15.9. The van der Waals surface area contributed by atoms with Crippen molar-refractivity contribution in [2.45, 2.75) is 19.9 Å². The molecule has 0 atom stereocenters. The Morgan fingerprint density at radius 1 is 1.25 bits per heavy atom. The first-order valence-electron chi connectivity index (χ1n) is 8.78. The van der Waals surface area contributed by atoms with Crippen LogP contribution in [0.3, 0.4) is 0 Å². The molecule has 1 N–H and O–H groups in total. The molecular weight excluding hydrogens is 384 g/mol. The predicted molar refractivity (Wildman–Crippen MR) is 103 cm³/mol. The molecule has 0 fully saturated rings. The number of aromatic nitrogens is 2. The third kappa shape index (κ3) is 4.16. The highest BCUT2D eigenvalue weighted by atomic mass is 32.2.